The van der Waals surface area contributed by atoms with E-state index in [2.05, 4.69) is 11.4 Å². The van der Waals surface area contributed by atoms with E-state index in [4.69, 9.17) is 5.73 Å². The molecular weight excluding hydrogens is 435 g/mol. The van der Waals surface area contributed by atoms with Crippen molar-refractivity contribution in [2.24, 2.45) is 5.73 Å². The van der Waals surface area contributed by atoms with Crippen LogP contribution in [-0.2, 0) is 19.3 Å². The van der Waals surface area contributed by atoms with Crippen LogP contribution >= 0.6 is 0 Å². The number of urea groups is 1. The average molecular weight is 453 g/mol. The van der Waals surface area contributed by atoms with Gasteiger partial charge < -0.3 is 20.5 Å². The zero-order valence-electron chi connectivity index (χ0n) is 17.2. The van der Waals surface area contributed by atoms with E-state index in [0.29, 0.717) is 17.9 Å². The molecule has 0 saturated heterocycles. The molecule has 7 nitrogen and oxygen atoms in total. The second-order valence-electron chi connectivity index (χ2n) is 7.47. The molecule has 0 aliphatic carbocycles. The number of primary amides is 1. The Kier molecular flexibility index (Phi) is 5.55. The van der Waals surface area contributed by atoms with Crippen LogP contribution in [0.1, 0.15) is 27.2 Å². The van der Waals surface area contributed by atoms with Crippen LogP contribution in [0.25, 0.3) is 11.3 Å². The van der Waals surface area contributed by atoms with Crippen molar-refractivity contribution >= 4 is 17.6 Å². The first-order chi connectivity index (χ1) is 15.7. The minimum Gasteiger partial charge on any atom is -0.366 e. The normalized spacial score (nSPS) is 13.2. The quantitative estimate of drug-likeness (QED) is 0.621. The van der Waals surface area contributed by atoms with Crippen molar-refractivity contribution in [1.29, 1.82) is 5.26 Å². The molecule has 0 bridgehead atoms. The Morgan fingerprint density at radius 3 is 2.27 bits per heavy atom. The van der Waals surface area contributed by atoms with Gasteiger partial charge in [0, 0.05) is 18.8 Å². The number of nitrogens with zero attached hydrogens (tertiary/aromatic N) is 3. The van der Waals surface area contributed by atoms with Gasteiger partial charge in [-0.1, -0.05) is 30.3 Å². The number of amides is 3. The maximum Gasteiger partial charge on any atom is 0.416 e. The minimum atomic E-state index is -4.47. The molecule has 1 aliphatic rings. The van der Waals surface area contributed by atoms with Crippen LogP contribution < -0.4 is 11.1 Å². The van der Waals surface area contributed by atoms with Crippen LogP contribution in [0.2, 0.25) is 0 Å². The van der Waals surface area contributed by atoms with Crippen LogP contribution in [0.3, 0.4) is 0 Å². The predicted octanol–water partition coefficient (Wildman–Crippen LogP) is 4.19. The summed E-state index contributed by atoms with van der Waals surface area (Å²) in [6.07, 6.45) is -4.47. The number of anilines is 1. The number of hydrogen-bond acceptors (Lipinski definition) is 3. The molecule has 0 unspecified atom stereocenters. The summed E-state index contributed by atoms with van der Waals surface area (Å²) in [6, 6.07) is 14.7. The van der Waals surface area contributed by atoms with Gasteiger partial charge in [-0.3, -0.25) is 4.79 Å². The van der Waals surface area contributed by atoms with E-state index in [0.717, 1.165) is 17.7 Å². The minimum absolute atomic E-state index is 0.00621. The Hall–Kier alpha value is -4.26. The first kappa shape index (κ1) is 22.0. The Morgan fingerprint density at radius 1 is 1.03 bits per heavy atom. The third kappa shape index (κ3) is 4.13. The Bertz CT molecular complexity index is 1260. The lowest BCUT2D eigenvalue weighted by Crippen LogP contribution is -2.41. The van der Waals surface area contributed by atoms with Crippen LogP contribution in [0, 0.1) is 11.3 Å². The summed E-state index contributed by atoms with van der Waals surface area (Å²) in [5.74, 6) is -0.775. The number of fused-ring (bicyclic) bond motifs is 1. The molecule has 0 fully saturated rings. The van der Waals surface area contributed by atoms with Crippen molar-refractivity contribution in [1.82, 2.24) is 9.47 Å². The second kappa shape index (κ2) is 8.35. The van der Waals surface area contributed by atoms with Crippen molar-refractivity contribution in [2.75, 3.05) is 11.9 Å². The molecule has 0 spiro atoms. The smallest absolute Gasteiger partial charge is 0.366 e. The van der Waals surface area contributed by atoms with E-state index in [-0.39, 0.29) is 29.9 Å². The number of aromatic nitrogens is 1. The Labute approximate surface area is 186 Å². The van der Waals surface area contributed by atoms with Gasteiger partial charge in [-0.25, -0.2) is 4.79 Å². The Morgan fingerprint density at radius 2 is 1.70 bits per heavy atom. The number of benzene rings is 2. The van der Waals surface area contributed by atoms with Crippen molar-refractivity contribution in [3.05, 3.63) is 77.0 Å². The van der Waals surface area contributed by atoms with E-state index >= 15 is 0 Å². The van der Waals surface area contributed by atoms with E-state index in [1.165, 1.54) is 17.0 Å². The van der Waals surface area contributed by atoms with Gasteiger partial charge in [0.25, 0.3) is 5.91 Å². The SMILES string of the molecule is N#Cc1c(C(N)=O)c2n(c1-c1ccccc1)CCN(C(=O)Nc1ccc(C(F)(F)F)cc1)C2. The van der Waals surface area contributed by atoms with Gasteiger partial charge >= 0.3 is 12.2 Å². The molecule has 10 heteroatoms. The molecule has 3 aromatic rings. The molecule has 0 radical (unpaired) electrons. The summed E-state index contributed by atoms with van der Waals surface area (Å²) in [7, 11) is 0. The van der Waals surface area contributed by atoms with Gasteiger partial charge in [-0.2, -0.15) is 18.4 Å². The highest BCUT2D eigenvalue weighted by molar-refractivity contribution is 6.00. The van der Waals surface area contributed by atoms with Gasteiger partial charge in [0.05, 0.1) is 34.6 Å². The predicted molar refractivity (Wildman–Crippen MR) is 114 cm³/mol. The number of alkyl halides is 3. The van der Waals surface area contributed by atoms with Crippen LogP contribution in [-0.4, -0.2) is 28.0 Å². The summed E-state index contributed by atoms with van der Waals surface area (Å²) in [5.41, 5.74) is 6.91. The topological polar surface area (TPSA) is 104 Å². The highest BCUT2D eigenvalue weighted by Gasteiger charge is 2.33. The van der Waals surface area contributed by atoms with Crippen molar-refractivity contribution < 1.29 is 22.8 Å². The fraction of sp³-hybridized carbons (Fsp3) is 0.174. The third-order valence-electron chi connectivity index (χ3n) is 5.46. The molecule has 168 valence electrons. The Balaban J connectivity index is 1.63. The number of carbonyl (C=O) groups is 2. The molecule has 0 saturated carbocycles. The van der Waals surface area contributed by atoms with Gasteiger partial charge in [0.2, 0.25) is 0 Å². The maximum absolute atomic E-state index is 12.8. The van der Waals surface area contributed by atoms with Gasteiger partial charge in [0.15, 0.2) is 0 Å². The number of nitriles is 1. The molecular formula is C23H18F3N5O2. The average Bonchev–Trinajstić information content (AvgIpc) is 3.13. The first-order valence-electron chi connectivity index (χ1n) is 9.94. The van der Waals surface area contributed by atoms with Crippen LogP contribution in [0.15, 0.2) is 54.6 Å². The summed E-state index contributed by atoms with van der Waals surface area (Å²) in [5, 5.41) is 12.3. The number of nitrogens with two attached hydrogens (primary N) is 1. The van der Waals surface area contributed by atoms with Crippen LogP contribution in [0.5, 0.6) is 0 Å². The summed E-state index contributed by atoms with van der Waals surface area (Å²) < 4.78 is 40.0. The monoisotopic (exact) mass is 453 g/mol. The molecule has 3 amide bonds. The lowest BCUT2D eigenvalue weighted by atomic mass is 10.0. The fourth-order valence-electron chi connectivity index (χ4n) is 3.95. The molecule has 0 atom stereocenters. The number of nitrogens with one attached hydrogen (secondary N) is 1. The van der Waals surface area contributed by atoms with Crippen molar-refractivity contribution in [3.63, 3.8) is 0 Å². The lowest BCUT2D eigenvalue weighted by molar-refractivity contribution is -0.137. The molecule has 1 aromatic heterocycles. The van der Waals surface area contributed by atoms with Gasteiger partial charge in [0.1, 0.15) is 6.07 Å². The van der Waals surface area contributed by atoms with Gasteiger partial charge in [-0.15, -0.1) is 0 Å². The van der Waals surface area contributed by atoms with E-state index < -0.39 is 23.7 Å². The number of carbonyl (C=O) groups excluding carboxylic acids is 2. The summed E-state index contributed by atoms with van der Waals surface area (Å²) in [4.78, 5) is 26.4. The highest BCUT2D eigenvalue weighted by Crippen LogP contribution is 2.34. The molecule has 33 heavy (non-hydrogen) atoms. The number of hydrogen-bond donors (Lipinski definition) is 2. The molecule has 3 N–H and O–H groups in total. The van der Waals surface area contributed by atoms with Crippen molar-refractivity contribution in [3.8, 4) is 17.3 Å². The third-order valence-corrected chi connectivity index (χ3v) is 5.46. The molecule has 2 aromatic carbocycles. The van der Waals surface area contributed by atoms with E-state index in [1.807, 2.05) is 34.9 Å². The van der Waals surface area contributed by atoms with Crippen molar-refractivity contribution in [2.45, 2.75) is 19.3 Å². The molecule has 1 aliphatic heterocycles. The maximum atomic E-state index is 12.8. The first-order valence-corrected chi connectivity index (χ1v) is 9.94. The largest absolute Gasteiger partial charge is 0.416 e. The van der Waals surface area contributed by atoms with E-state index in [1.54, 1.807) is 0 Å². The van der Waals surface area contributed by atoms with Crippen LogP contribution in [0.4, 0.5) is 23.7 Å². The zero-order valence-corrected chi connectivity index (χ0v) is 17.2. The van der Waals surface area contributed by atoms with E-state index in [9.17, 15) is 28.0 Å². The number of rotatable bonds is 3. The fourth-order valence-corrected chi connectivity index (χ4v) is 3.95. The second-order valence-corrected chi connectivity index (χ2v) is 7.47. The summed E-state index contributed by atoms with van der Waals surface area (Å²) >= 11 is 0. The lowest BCUT2D eigenvalue weighted by Gasteiger charge is -2.30. The molecule has 4 rings (SSSR count). The standard InChI is InChI=1S/C23H18F3N5O2/c24-23(25,26)15-6-8-16(9-7-15)29-22(33)30-10-11-31-18(13-30)19(21(28)32)17(12-27)20(31)14-4-2-1-3-5-14/h1-9H,10-11,13H2,(H2,28,32)(H,29,33). The zero-order chi connectivity index (χ0) is 23.8. The summed E-state index contributed by atoms with van der Waals surface area (Å²) in [6.45, 7) is 0.575. The molecule has 2 heterocycles. The number of halogens is 3. The highest BCUT2D eigenvalue weighted by atomic mass is 19.4. The van der Waals surface area contributed by atoms with Gasteiger partial charge in [-0.05, 0) is 29.8 Å².